The second-order valence-electron chi connectivity index (χ2n) is 6.89. The number of likely N-dealkylation sites (tertiary alicyclic amines) is 1. The lowest BCUT2D eigenvalue weighted by atomic mass is 10.1. The minimum atomic E-state index is -2.89. The van der Waals surface area contributed by atoms with Gasteiger partial charge in [-0.25, -0.2) is 13.8 Å². The van der Waals surface area contributed by atoms with E-state index in [1.54, 1.807) is 46.2 Å². The summed E-state index contributed by atoms with van der Waals surface area (Å²) in [7, 11) is 1.69. The molecule has 3 heterocycles. The first-order valence-corrected chi connectivity index (χ1v) is 9.14. The smallest absolute Gasteiger partial charge is 0.282 e. The van der Waals surface area contributed by atoms with Gasteiger partial charge in [0, 0.05) is 17.0 Å². The van der Waals surface area contributed by atoms with E-state index in [4.69, 9.17) is 17.0 Å². The highest BCUT2D eigenvalue weighted by molar-refractivity contribution is 6.31. The number of aliphatic imine (C=N–C) groups is 1. The van der Waals surface area contributed by atoms with Gasteiger partial charge in [0.1, 0.15) is 24.4 Å². The molecule has 1 aliphatic heterocycles. The van der Waals surface area contributed by atoms with Gasteiger partial charge < -0.3 is 4.57 Å². The minimum Gasteiger partial charge on any atom is -0.312 e. The summed E-state index contributed by atoms with van der Waals surface area (Å²) in [5.74, 6) is -2.39. The van der Waals surface area contributed by atoms with Crippen molar-refractivity contribution < 1.29 is 14.1 Å². The predicted molar refractivity (Wildman–Crippen MR) is 104 cm³/mol. The number of nitrogens with zero attached hydrogens (tertiary/aromatic N) is 5. The normalized spacial score (nSPS) is 19.9. The van der Waals surface area contributed by atoms with Crippen LogP contribution in [0.1, 0.15) is 11.9 Å². The van der Waals surface area contributed by atoms with E-state index >= 15 is 0 Å². The summed E-state index contributed by atoms with van der Waals surface area (Å²) in [5.41, 5.74) is 1.83. The quantitative estimate of drug-likeness (QED) is 0.502. The van der Waals surface area contributed by atoms with Crippen LogP contribution in [0.4, 0.5) is 8.78 Å². The van der Waals surface area contributed by atoms with Crippen LogP contribution in [0.15, 0.2) is 29.4 Å². The molecule has 4 rings (SSSR count). The van der Waals surface area contributed by atoms with Gasteiger partial charge in [-0.2, -0.15) is 4.99 Å². The van der Waals surface area contributed by atoms with Crippen LogP contribution >= 0.6 is 11.6 Å². The number of hydrogen-bond donors (Lipinski definition) is 2. The molecule has 1 aromatic carbocycles. The molecule has 7 nitrogen and oxygen atoms in total. The van der Waals surface area contributed by atoms with Gasteiger partial charge in [-0.3, -0.25) is 20.6 Å². The van der Waals surface area contributed by atoms with Crippen molar-refractivity contribution in [3.8, 4) is 0 Å². The van der Waals surface area contributed by atoms with Crippen LogP contribution in [0.2, 0.25) is 5.02 Å². The number of halogens is 3. The van der Waals surface area contributed by atoms with E-state index in [0.717, 1.165) is 6.34 Å². The molecule has 1 saturated heterocycles. The average molecular weight is 407 g/mol. The molecule has 0 amide bonds. The molecule has 1 aliphatic rings. The number of aromatic nitrogens is 3. The van der Waals surface area contributed by atoms with Crippen LogP contribution in [0.25, 0.3) is 21.9 Å². The molecule has 0 saturated carbocycles. The van der Waals surface area contributed by atoms with Crippen LogP contribution in [-0.4, -0.2) is 58.2 Å². The Morgan fingerprint density at radius 2 is 2.25 bits per heavy atom. The topological polar surface area (TPSA) is 86.8 Å². The van der Waals surface area contributed by atoms with E-state index in [2.05, 4.69) is 15.0 Å². The number of fused-ring (bicyclic) bond motifs is 3. The van der Waals surface area contributed by atoms with E-state index in [-0.39, 0.29) is 13.1 Å². The summed E-state index contributed by atoms with van der Waals surface area (Å²) in [6, 6.07) is 4.19. The number of likely N-dealkylation sites (N-methyl/N-ethyl adjacent to an activating group) is 1. The number of benzene rings is 1. The van der Waals surface area contributed by atoms with E-state index in [1.165, 1.54) is 6.34 Å². The van der Waals surface area contributed by atoms with Gasteiger partial charge in [0.05, 0.1) is 23.8 Å². The predicted octanol–water partition coefficient (Wildman–Crippen LogP) is 2.06. The van der Waals surface area contributed by atoms with Crippen molar-refractivity contribution >= 4 is 46.2 Å². The first-order valence-electron chi connectivity index (χ1n) is 8.76. The number of alkyl halides is 2. The zero-order valence-corrected chi connectivity index (χ0v) is 15.9. The molecule has 28 heavy (non-hydrogen) atoms. The molecule has 3 aromatic rings. The Kier molecular flexibility index (Phi) is 4.82. The van der Waals surface area contributed by atoms with E-state index in [0.29, 0.717) is 39.3 Å². The van der Waals surface area contributed by atoms with Gasteiger partial charge in [0.25, 0.3) is 5.92 Å². The number of nitrogens with two attached hydrogens (primary N) is 1. The molecule has 0 aliphatic carbocycles. The number of pyridine rings is 1. The van der Waals surface area contributed by atoms with Gasteiger partial charge in [-0.15, -0.1) is 0 Å². The number of nitrogens with one attached hydrogen (secondary N) is 1. The van der Waals surface area contributed by atoms with Gasteiger partial charge in [0.15, 0.2) is 12.2 Å². The van der Waals surface area contributed by atoms with Crippen LogP contribution in [0.3, 0.4) is 0 Å². The molecule has 2 aromatic heterocycles. The number of hydrogen-bond acceptors (Lipinski definition) is 4. The van der Waals surface area contributed by atoms with E-state index in [1.807, 2.05) is 0 Å². The highest BCUT2D eigenvalue weighted by Gasteiger charge is 2.49. The Hall–Kier alpha value is -2.49. The zero-order chi connectivity index (χ0) is 19.9. The van der Waals surface area contributed by atoms with Crippen molar-refractivity contribution in [2.45, 2.75) is 18.5 Å². The van der Waals surface area contributed by atoms with Gasteiger partial charge in [-0.1, -0.05) is 11.6 Å². The Bertz CT molecular complexity index is 1080. The van der Waals surface area contributed by atoms with Crippen LogP contribution in [0, 0.1) is 5.41 Å². The molecule has 3 N–H and O–H groups in total. The van der Waals surface area contributed by atoms with Crippen LogP contribution < -0.4 is 5.32 Å². The van der Waals surface area contributed by atoms with Crippen molar-refractivity contribution in [1.29, 1.82) is 5.41 Å². The Labute approximate surface area is 164 Å². The minimum absolute atomic E-state index is 0.213. The van der Waals surface area contributed by atoms with Crippen molar-refractivity contribution in [2.24, 2.45) is 4.99 Å². The molecule has 146 valence electrons. The second-order valence-corrected chi connectivity index (χ2v) is 7.33. The maximum atomic E-state index is 14.9. The van der Waals surface area contributed by atoms with Gasteiger partial charge in [-0.05, 0) is 25.2 Å². The van der Waals surface area contributed by atoms with Crippen LogP contribution in [-0.2, 0) is 6.54 Å². The summed E-state index contributed by atoms with van der Waals surface area (Å²) in [4.78, 5) is 14.3. The highest BCUT2D eigenvalue weighted by Crippen LogP contribution is 2.40. The second kappa shape index (κ2) is 7.16. The molecular formula is C18H19ClF2N7+. The molecule has 1 unspecified atom stereocenters. The number of quaternary nitrogens is 1. The van der Waals surface area contributed by atoms with E-state index in [9.17, 15) is 8.78 Å². The fraction of sp³-hybridized carbons (Fsp3) is 0.333. The van der Waals surface area contributed by atoms with Crippen molar-refractivity contribution in [3.05, 3.63) is 35.2 Å². The third kappa shape index (κ3) is 3.25. The number of rotatable bonds is 5. The fourth-order valence-electron chi connectivity index (χ4n) is 3.77. The summed E-state index contributed by atoms with van der Waals surface area (Å²) in [6.45, 7) is 0.217. The molecule has 0 bridgehead atoms. The first kappa shape index (κ1) is 18.9. The Morgan fingerprint density at radius 3 is 2.96 bits per heavy atom. The first-order chi connectivity index (χ1) is 13.4. The van der Waals surface area contributed by atoms with Crippen molar-refractivity contribution in [2.75, 3.05) is 20.1 Å². The third-order valence-corrected chi connectivity index (χ3v) is 5.12. The Balaban J connectivity index is 1.95. The standard InChI is InChI=1S/C18H18ClF2N7/c1-27-7-15(18(20,21)8-27)28-16(6-23-10-24-9-22)26-14-5-25-13-3-2-11(19)4-12(13)17(14)28/h2-5,9-10,15H,6-8H2,1H3,(H2,22,23,24)/p+1. The number of imidazole rings is 1. The fourth-order valence-corrected chi connectivity index (χ4v) is 3.94. The maximum absolute atomic E-state index is 14.9. The lowest BCUT2D eigenvalue weighted by molar-refractivity contribution is -0.549. The largest absolute Gasteiger partial charge is 0.312 e. The average Bonchev–Trinajstić information content (AvgIpc) is 3.13. The highest BCUT2D eigenvalue weighted by atomic mass is 35.5. The molecule has 10 heteroatoms. The van der Waals surface area contributed by atoms with E-state index < -0.39 is 12.0 Å². The molecule has 0 spiro atoms. The molecule has 0 radical (unpaired) electrons. The third-order valence-electron chi connectivity index (χ3n) is 4.88. The summed E-state index contributed by atoms with van der Waals surface area (Å²) >= 11 is 6.18. The molecule has 1 fully saturated rings. The van der Waals surface area contributed by atoms with Crippen molar-refractivity contribution in [3.63, 3.8) is 0 Å². The SMILES string of the molecule is CN1CC(n2c(C[NH2+]C=NC=N)nc3cnc4ccc(Cl)cc4c32)C(F)(F)C1. The van der Waals surface area contributed by atoms with Gasteiger partial charge in [0.2, 0.25) is 0 Å². The van der Waals surface area contributed by atoms with Crippen molar-refractivity contribution in [1.82, 2.24) is 19.4 Å². The lowest BCUT2D eigenvalue weighted by Gasteiger charge is -2.22. The molecule has 1 atom stereocenters. The maximum Gasteiger partial charge on any atom is 0.282 e. The summed E-state index contributed by atoms with van der Waals surface area (Å²) in [5, 5.41) is 9.85. The van der Waals surface area contributed by atoms with Crippen LogP contribution in [0.5, 0.6) is 0 Å². The van der Waals surface area contributed by atoms with Gasteiger partial charge >= 0.3 is 0 Å². The molecular weight excluding hydrogens is 388 g/mol. The zero-order valence-electron chi connectivity index (χ0n) is 15.1. The monoisotopic (exact) mass is 406 g/mol. The summed E-state index contributed by atoms with van der Waals surface area (Å²) in [6.07, 6.45) is 3.98. The summed E-state index contributed by atoms with van der Waals surface area (Å²) < 4.78 is 31.3. The Morgan fingerprint density at radius 1 is 1.43 bits per heavy atom. The lowest BCUT2D eigenvalue weighted by Crippen LogP contribution is -2.81.